The molecule has 0 bridgehead atoms. The maximum absolute atomic E-state index is 11.8. The second-order valence-electron chi connectivity index (χ2n) is 6.03. The Morgan fingerprint density at radius 3 is 2.65 bits per heavy atom. The fraction of sp³-hybridized carbons (Fsp3) is 0.350. The first-order valence-corrected chi connectivity index (χ1v) is 8.85. The molecule has 6 heteroatoms. The zero-order chi connectivity index (χ0) is 18.9. The summed E-state index contributed by atoms with van der Waals surface area (Å²) in [7, 11) is 0. The summed E-state index contributed by atoms with van der Waals surface area (Å²) < 4.78 is 5.78. The number of hydrazone groups is 1. The van der Waals surface area contributed by atoms with Crippen LogP contribution in [0.4, 0.5) is 0 Å². The SMILES string of the molecule is CCCOc1ccc2ccccc2c1/C=N\NC(=O)C(=O)N[C@@H](C)CC. The van der Waals surface area contributed by atoms with Crippen LogP contribution in [-0.4, -0.2) is 30.7 Å². The van der Waals surface area contributed by atoms with Crippen molar-refractivity contribution in [3.63, 3.8) is 0 Å². The van der Waals surface area contributed by atoms with Crippen LogP contribution >= 0.6 is 0 Å². The molecule has 0 saturated heterocycles. The van der Waals surface area contributed by atoms with E-state index in [1.807, 2.05) is 57.2 Å². The summed E-state index contributed by atoms with van der Waals surface area (Å²) in [6.07, 6.45) is 3.15. The summed E-state index contributed by atoms with van der Waals surface area (Å²) in [5.74, 6) is -0.803. The van der Waals surface area contributed by atoms with Crippen LogP contribution in [0.1, 0.15) is 39.2 Å². The Morgan fingerprint density at radius 2 is 1.92 bits per heavy atom. The number of nitrogens with zero attached hydrogens (tertiary/aromatic N) is 1. The summed E-state index contributed by atoms with van der Waals surface area (Å²) >= 11 is 0. The van der Waals surface area contributed by atoms with E-state index < -0.39 is 11.8 Å². The molecule has 6 nitrogen and oxygen atoms in total. The van der Waals surface area contributed by atoms with Gasteiger partial charge < -0.3 is 10.1 Å². The highest BCUT2D eigenvalue weighted by Gasteiger charge is 2.14. The number of nitrogens with one attached hydrogen (secondary N) is 2. The smallest absolute Gasteiger partial charge is 0.329 e. The van der Waals surface area contributed by atoms with Gasteiger partial charge >= 0.3 is 11.8 Å². The van der Waals surface area contributed by atoms with Crippen LogP contribution in [0.5, 0.6) is 5.75 Å². The van der Waals surface area contributed by atoms with Crippen LogP contribution in [0, 0.1) is 0 Å². The molecule has 2 aromatic rings. The first-order chi connectivity index (χ1) is 12.6. The molecule has 138 valence electrons. The average Bonchev–Trinajstić information content (AvgIpc) is 2.66. The largest absolute Gasteiger partial charge is 0.493 e. The van der Waals surface area contributed by atoms with Gasteiger partial charge in [-0.05, 0) is 36.6 Å². The highest BCUT2D eigenvalue weighted by Crippen LogP contribution is 2.26. The molecule has 0 aromatic heterocycles. The predicted octanol–water partition coefficient (Wildman–Crippen LogP) is 2.99. The van der Waals surface area contributed by atoms with E-state index in [4.69, 9.17) is 4.74 Å². The molecule has 2 aromatic carbocycles. The Kier molecular flexibility index (Phi) is 7.14. The minimum absolute atomic E-state index is 0.0654. The average molecular weight is 355 g/mol. The standard InChI is InChI=1S/C20H25N3O3/c1-4-12-26-18-11-10-15-8-6-7-9-16(15)17(18)13-21-23-20(25)19(24)22-14(3)5-2/h6-11,13-14H,4-5,12H2,1-3H3,(H,22,24)(H,23,25)/b21-13-/t14-/m0/s1. The Labute approximate surface area is 153 Å². The Hall–Kier alpha value is -2.89. The normalized spacial score (nSPS) is 12.1. The molecule has 2 N–H and O–H groups in total. The topological polar surface area (TPSA) is 79.8 Å². The molecule has 2 rings (SSSR count). The van der Waals surface area contributed by atoms with Gasteiger partial charge in [-0.2, -0.15) is 5.10 Å². The van der Waals surface area contributed by atoms with Crippen molar-refractivity contribution in [2.45, 2.75) is 39.7 Å². The summed E-state index contributed by atoms with van der Waals surface area (Å²) in [5, 5.41) is 8.55. The van der Waals surface area contributed by atoms with Crippen molar-refractivity contribution in [1.82, 2.24) is 10.7 Å². The van der Waals surface area contributed by atoms with Crippen molar-refractivity contribution in [1.29, 1.82) is 0 Å². The van der Waals surface area contributed by atoms with E-state index in [0.717, 1.165) is 29.2 Å². The molecule has 0 spiro atoms. The zero-order valence-electron chi connectivity index (χ0n) is 15.4. The van der Waals surface area contributed by atoms with Crippen LogP contribution in [0.3, 0.4) is 0 Å². The molecule has 0 aliphatic heterocycles. The molecular weight excluding hydrogens is 330 g/mol. The second-order valence-corrected chi connectivity index (χ2v) is 6.03. The lowest BCUT2D eigenvalue weighted by atomic mass is 10.0. The third kappa shape index (κ3) is 5.05. The lowest BCUT2D eigenvalue weighted by Gasteiger charge is -2.11. The van der Waals surface area contributed by atoms with Crippen molar-refractivity contribution < 1.29 is 14.3 Å². The fourth-order valence-electron chi connectivity index (χ4n) is 2.34. The second kappa shape index (κ2) is 9.56. The van der Waals surface area contributed by atoms with E-state index >= 15 is 0 Å². The number of hydrogen-bond acceptors (Lipinski definition) is 4. The lowest BCUT2D eigenvalue weighted by molar-refractivity contribution is -0.139. The predicted molar refractivity (Wildman–Crippen MR) is 103 cm³/mol. The van der Waals surface area contributed by atoms with Crippen LogP contribution in [-0.2, 0) is 9.59 Å². The summed E-state index contributed by atoms with van der Waals surface area (Å²) in [6.45, 7) is 6.38. The van der Waals surface area contributed by atoms with Gasteiger partial charge in [-0.25, -0.2) is 5.43 Å². The molecule has 0 saturated carbocycles. The molecule has 2 amide bonds. The monoisotopic (exact) mass is 355 g/mol. The van der Waals surface area contributed by atoms with Gasteiger partial charge in [-0.1, -0.05) is 44.2 Å². The quantitative estimate of drug-likeness (QED) is 0.455. The third-order valence-electron chi connectivity index (χ3n) is 3.95. The number of rotatable bonds is 7. The summed E-state index contributed by atoms with van der Waals surface area (Å²) in [5.41, 5.74) is 3.03. The number of fused-ring (bicyclic) bond motifs is 1. The Bertz CT molecular complexity index is 802. The highest BCUT2D eigenvalue weighted by atomic mass is 16.5. The van der Waals surface area contributed by atoms with Crippen LogP contribution in [0.25, 0.3) is 10.8 Å². The number of carbonyl (C=O) groups excluding carboxylic acids is 2. The maximum atomic E-state index is 11.8. The molecule has 0 aliphatic rings. The first kappa shape index (κ1) is 19.4. The van der Waals surface area contributed by atoms with E-state index in [0.29, 0.717) is 12.4 Å². The fourth-order valence-corrected chi connectivity index (χ4v) is 2.34. The van der Waals surface area contributed by atoms with Crippen molar-refractivity contribution in [2.24, 2.45) is 5.10 Å². The van der Waals surface area contributed by atoms with Crippen LogP contribution in [0.2, 0.25) is 0 Å². The number of amides is 2. The molecular formula is C20H25N3O3. The van der Waals surface area contributed by atoms with Gasteiger partial charge in [0, 0.05) is 11.6 Å². The van der Waals surface area contributed by atoms with Gasteiger partial charge in [0.25, 0.3) is 0 Å². The molecule has 0 unspecified atom stereocenters. The van der Waals surface area contributed by atoms with Crippen molar-refractivity contribution in [3.05, 3.63) is 42.0 Å². The van der Waals surface area contributed by atoms with Gasteiger partial charge in [0.15, 0.2) is 0 Å². The van der Waals surface area contributed by atoms with E-state index in [9.17, 15) is 9.59 Å². The number of benzene rings is 2. The van der Waals surface area contributed by atoms with E-state index in [1.54, 1.807) is 0 Å². The lowest BCUT2D eigenvalue weighted by Crippen LogP contribution is -2.41. The number of carbonyl (C=O) groups is 2. The van der Waals surface area contributed by atoms with Gasteiger partial charge in [0.2, 0.25) is 0 Å². The molecule has 0 heterocycles. The van der Waals surface area contributed by atoms with Crippen molar-refractivity contribution >= 4 is 28.8 Å². The Balaban J connectivity index is 2.18. The molecule has 26 heavy (non-hydrogen) atoms. The molecule has 0 fully saturated rings. The van der Waals surface area contributed by atoms with Gasteiger partial charge in [0.05, 0.1) is 12.8 Å². The van der Waals surface area contributed by atoms with Crippen molar-refractivity contribution in [3.8, 4) is 5.75 Å². The minimum atomic E-state index is -0.794. The number of ether oxygens (including phenoxy) is 1. The minimum Gasteiger partial charge on any atom is -0.493 e. The highest BCUT2D eigenvalue weighted by molar-refractivity contribution is 6.35. The maximum Gasteiger partial charge on any atom is 0.329 e. The summed E-state index contributed by atoms with van der Waals surface area (Å²) in [6, 6.07) is 11.6. The van der Waals surface area contributed by atoms with E-state index in [-0.39, 0.29) is 6.04 Å². The van der Waals surface area contributed by atoms with Crippen molar-refractivity contribution in [2.75, 3.05) is 6.61 Å². The first-order valence-electron chi connectivity index (χ1n) is 8.85. The summed E-state index contributed by atoms with van der Waals surface area (Å²) in [4.78, 5) is 23.6. The van der Waals surface area contributed by atoms with Gasteiger partial charge in [0.1, 0.15) is 5.75 Å². The molecule has 1 atom stereocenters. The molecule has 0 radical (unpaired) electrons. The molecule has 0 aliphatic carbocycles. The van der Waals surface area contributed by atoms with Crippen LogP contribution < -0.4 is 15.5 Å². The Morgan fingerprint density at radius 1 is 1.15 bits per heavy atom. The van der Waals surface area contributed by atoms with E-state index in [1.165, 1.54) is 6.21 Å². The van der Waals surface area contributed by atoms with Gasteiger partial charge in [-0.15, -0.1) is 0 Å². The van der Waals surface area contributed by atoms with Gasteiger partial charge in [-0.3, -0.25) is 9.59 Å². The van der Waals surface area contributed by atoms with Crippen LogP contribution in [0.15, 0.2) is 41.5 Å². The number of hydrogen-bond donors (Lipinski definition) is 2. The third-order valence-corrected chi connectivity index (χ3v) is 3.95. The van der Waals surface area contributed by atoms with E-state index in [2.05, 4.69) is 15.8 Å². The zero-order valence-corrected chi connectivity index (χ0v) is 15.4.